The zero-order valence-corrected chi connectivity index (χ0v) is 15.8. The van der Waals surface area contributed by atoms with Gasteiger partial charge in [0, 0.05) is 31.0 Å². The minimum Gasteiger partial charge on any atom is -0.493 e. The summed E-state index contributed by atoms with van der Waals surface area (Å²) in [5, 5.41) is 3.29. The van der Waals surface area contributed by atoms with E-state index >= 15 is 0 Å². The number of ether oxygens (including phenoxy) is 4. The molecule has 1 aliphatic rings. The van der Waals surface area contributed by atoms with E-state index in [9.17, 15) is 0 Å². The second-order valence-corrected chi connectivity index (χ2v) is 6.31. The molecule has 146 valence electrons. The summed E-state index contributed by atoms with van der Waals surface area (Å²) in [6.07, 6.45) is 3.26. The fourth-order valence-electron chi connectivity index (χ4n) is 3.09. The molecule has 0 radical (unpaired) electrons. The second-order valence-electron chi connectivity index (χ2n) is 6.31. The Kier molecular flexibility index (Phi) is 5.50. The lowest BCUT2D eigenvalue weighted by Crippen LogP contribution is -2.41. The molecule has 0 bridgehead atoms. The van der Waals surface area contributed by atoms with E-state index in [-0.39, 0.29) is 6.10 Å². The van der Waals surface area contributed by atoms with Crippen molar-refractivity contribution < 1.29 is 18.9 Å². The summed E-state index contributed by atoms with van der Waals surface area (Å²) >= 11 is 0. The predicted molar refractivity (Wildman–Crippen MR) is 104 cm³/mol. The number of pyridine rings is 1. The molecule has 0 amide bonds. The van der Waals surface area contributed by atoms with Crippen molar-refractivity contribution >= 4 is 11.0 Å². The Bertz CT molecular complexity index is 960. The molecular weight excluding hydrogens is 360 g/mol. The number of morpholine rings is 1. The van der Waals surface area contributed by atoms with Crippen molar-refractivity contribution in [3.8, 4) is 28.6 Å². The van der Waals surface area contributed by atoms with Gasteiger partial charge >= 0.3 is 0 Å². The summed E-state index contributed by atoms with van der Waals surface area (Å²) in [6, 6.07) is 7.53. The first-order chi connectivity index (χ1) is 13.8. The monoisotopic (exact) mass is 382 g/mol. The van der Waals surface area contributed by atoms with Crippen LogP contribution in [0.15, 0.2) is 36.7 Å². The van der Waals surface area contributed by atoms with Crippen molar-refractivity contribution in [3.05, 3.63) is 36.7 Å². The number of benzene rings is 1. The number of hydrogen-bond acceptors (Lipinski definition) is 8. The highest BCUT2D eigenvalue weighted by atomic mass is 16.5. The Balaban J connectivity index is 1.69. The van der Waals surface area contributed by atoms with Gasteiger partial charge in [-0.2, -0.15) is 0 Å². The van der Waals surface area contributed by atoms with Gasteiger partial charge in [0.15, 0.2) is 17.0 Å². The minimum absolute atomic E-state index is 0.0213. The number of methoxy groups -OCH3 is 2. The van der Waals surface area contributed by atoms with Gasteiger partial charge in [-0.1, -0.05) is 0 Å². The van der Waals surface area contributed by atoms with E-state index < -0.39 is 0 Å². The molecule has 1 atom stereocenters. The first-order valence-electron chi connectivity index (χ1n) is 9.08. The molecular formula is C20H22N4O4. The molecule has 1 aliphatic heterocycles. The first-order valence-corrected chi connectivity index (χ1v) is 9.08. The van der Waals surface area contributed by atoms with Crippen LogP contribution in [0.4, 0.5) is 0 Å². The molecule has 1 fully saturated rings. The van der Waals surface area contributed by atoms with Crippen LogP contribution in [0.2, 0.25) is 0 Å². The number of nitrogens with one attached hydrogen (secondary N) is 1. The van der Waals surface area contributed by atoms with Crippen molar-refractivity contribution in [2.45, 2.75) is 6.10 Å². The summed E-state index contributed by atoms with van der Waals surface area (Å²) in [6.45, 7) is 2.67. The molecule has 3 heterocycles. The quantitative estimate of drug-likeness (QED) is 0.693. The highest BCUT2D eigenvalue weighted by molar-refractivity contribution is 5.83. The van der Waals surface area contributed by atoms with Gasteiger partial charge < -0.3 is 24.3 Å². The van der Waals surface area contributed by atoms with Crippen LogP contribution in [0.5, 0.6) is 17.4 Å². The van der Waals surface area contributed by atoms with Crippen LogP contribution in [0.1, 0.15) is 0 Å². The molecule has 0 aliphatic carbocycles. The largest absolute Gasteiger partial charge is 0.493 e. The van der Waals surface area contributed by atoms with E-state index in [2.05, 4.69) is 20.3 Å². The molecule has 1 N–H and O–H groups in total. The summed E-state index contributed by atoms with van der Waals surface area (Å²) < 4.78 is 22.4. The number of aromatic nitrogens is 3. The van der Waals surface area contributed by atoms with Crippen molar-refractivity contribution in [3.63, 3.8) is 0 Å². The molecule has 4 rings (SSSR count). The Morgan fingerprint density at radius 3 is 2.75 bits per heavy atom. The molecule has 0 unspecified atom stereocenters. The fraction of sp³-hybridized carbons (Fsp3) is 0.350. The third-order valence-corrected chi connectivity index (χ3v) is 4.51. The third kappa shape index (κ3) is 3.83. The number of rotatable bonds is 6. The van der Waals surface area contributed by atoms with Crippen LogP contribution < -0.4 is 19.5 Å². The zero-order chi connectivity index (χ0) is 19.3. The van der Waals surface area contributed by atoms with E-state index in [4.69, 9.17) is 18.9 Å². The first kappa shape index (κ1) is 18.4. The minimum atomic E-state index is -0.0213. The summed E-state index contributed by atoms with van der Waals surface area (Å²) in [5.74, 6) is 1.72. The maximum Gasteiger partial charge on any atom is 0.242 e. The number of nitrogens with zero attached hydrogens (tertiary/aromatic N) is 3. The van der Waals surface area contributed by atoms with E-state index in [1.54, 1.807) is 26.6 Å². The smallest absolute Gasteiger partial charge is 0.242 e. The molecule has 8 heteroatoms. The SMILES string of the molecule is COc1ccc(-c2cc3nccnc3c(OC[C@@H]3CNCCO3)n2)cc1OC. The second kappa shape index (κ2) is 8.37. The lowest BCUT2D eigenvalue weighted by molar-refractivity contribution is -0.000407. The topological polar surface area (TPSA) is 87.6 Å². The molecule has 28 heavy (non-hydrogen) atoms. The predicted octanol–water partition coefficient (Wildman–Crippen LogP) is 2.08. The van der Waals surface area contributed by atoms with Gasteiger partial charge in [0.05, 0.1) is 32.0 Å². The molecule has 0 saturated carbocycles. The van der Waals surface area contributed by atoms with Gasteiger partial charge in [-0.3, -0.25) is 4.98 Å². The summed E-state index contributed by atoms with van der Waals surface area (Å²) in [7, 11) is 3.21. The Morgan fingerprint density at radius 1 is 1.11 bits per heavy atom. The van der Waals surface area contributed by atoms with Gasteiger partial charge in [-0.25, -0.2) is 9.97 Å². The van der Waals surface area contributed by atoms with Crippen molar-refractivity contribution in [2.24, 2.45) is 0 Å². The van der Waals surface area contributed by atoms with Crippen molar-refractivity contribution in [1.82, 2.24) is 20.3 Å². The van der Waals surface area contributed by atoms with E-state index in [1.165, 1.54) is 0 Å². The summed E-state index contributed by atoms with van der Waals surface area (Å²) in [4.78, 5) is 13.5. The lowest BCUT2D eigenvalue weighted by atomic mass is 10.1. The average Bonchev–Trinajstić information content (AvgIpc) is 2.77. The lowest BCUT2D eigenvalue weighted by Gasteiger charge is -2.23. The molecule has 3 aromatic rings. The number of fused-ring (bicyclic) bond motifs is 1. The molecule has 0 spiro atoms. The molecule has 8 nitrogen and oxygen atoms in total. The van der Waals surface area contributed by atoms with Crippen LogP contribution in [0, 0.1) is 0 Å². The highest BCUT2D eigenvalue weighted by Crippen LogP contribution is 2.33. The zero-order valence-electron chi connectivity index (χ0n) is 15.8. The van der Waals surface area contributed by atoms with E-state index in [0.29, 0.717) is 47.3 Å². The Hall–Kier alpha value is -2.97. The standard InChI is InChI=1S/C20H22N4O4/c1-25-17-4-3-13(9-18(17)26-2)15-10-16-19(23-6-5-22-16)20(24-15)28-12-14-11-21-7-8-27-14/h3-6,9-10,14,21H,7-8,11-12H2,1-2H3/t14-/m0/s1. The van der Waals surface area contributed by atoms with Crippen LogP contribution in [0.25, 0.3) is 22.3 Å². The maximum atomic E-state index is 5.99. The van der Waals surface area contributed by atoms with Crippen LogP contribution in [-0.4, -0.2) is 61.6 Å². The Labute approximate surface area is 162 Å². The van der Waals surface area contributed by atoms with Crippen molar-refractivity contribution in [1.29, 1.82) is 0 Å². The highest BCUT2D eigenvalue weighted by Gasteiger charge is 2.17. The Morgan fingerprint density at radius 2 is 1.96 bits per heavy atom. The normalized spacial score (nSPS) is 16.7. The van der Waals surface area contributed by atoms with Crippen LogP contribution in [0.3, 0.4) is 0 Å². The van der Waals surface area contributed by atoms with Gasteiger partial charge in [0.25, 0.3) is 0 Å². The van der Waals surface area contributed by atoms with Gasteiger partial charge in [-0.05, 0) is 24.3 Å². The van der Waals surface area contributed by atoms with Crippen LogP contribution >= 0.6 is 0 Å². The van der Waals surface area contributed by atoms with Gasteiger partial charge in [-0.15, -0.1) is 0 Å². The maximum absolute atomic E-state index is 5.99. The van der Waals surface area contributed by atoms with Crippen molar-refractivity contribution in [2.75, 3.05) is 40.5 Å². The van der Waals surface area contributed by atoms with E-state index in [0.717, 1.165) is 18.7 Å². The van der Waals surface area contributed by atoms with Gasteiger partial charge in [0.1, 0.15) is 12.7 Å². The molecule has 2 aromatic heterocycles. The molecule has 1 aromatic carbocycles. The van der Waals surface area contributed by atoms with Crippen LogP contribution in [-0.2, 0) is 4.74 Å². The third-order valence-electron chi connectivity index (χ3n) is 4.51. The number of hydrogen-bond donors (Lipinski definition) is 1. The summed E-state index contributed by atoms with van der Waals surface area (Å²) in [5.41, 5.74) is 2.91. The van der Waals surface area contributed by atoms with Gasteiger partial charge in [0.2, 0.25) is 5.88 Å². The van der Waals surface area contributed by atoms with E-state index in [1.807, 2.05) is 24.3 Å². The fourth-order valence-corrected chi connectivity index (χ4v) is 3.09. The average molecular weight is 382 g/mol. The molecule has 1 saturated heterocycles.